The predicted molar refractivity (Wildman–Crippen MR) is 106 cm³/mol. The normalized spacial score (nSPS) is 10.7. The van der Waals surface area contributed by atoms with Crippen LogP contribution in [-0.2, 0) is 6.54 Å². The Labute approximate surface area is 164 Å². The van der Waals surface area contributed by atoms with Crippen molar-refractivity contribution in [1.29, 1.82) is 0 Å². The lowest BCUT2D eigenvalue weighted by molar-refractivity contribution is 0.598. The Balaban J connectivity index is 0.00000117. The summed E-state index contributed by atoms with van der Waals surface area (Å²) in [6, 6.07) is 1.86. The number of nitrogens with zero attached hydrogens (tertiary/aromatic N) is 6. The quantitative estimate of drug-likeness (QED) is 0.539. The highest BCUT2D eigenvalue weighted by atomic mass is 19.1. The largest absolute Gasteiger partial charge is 0.361 e. The molecule has 0 spiro atoms. The summed E-state index contributed by atoms with van der Waals surface area (Å²) in [5, 5.41) is 4.07. The number of aromatic amines is 1. The van der Waals surface area contributed by atoms with Crippen molar-refractivity contribution in [3.8, 4) is 0 Å². The lowest BCUT2D eigenvalue weighted by atomic mass is 10.2. The van der Waals surface area contributed by atoms with Crippen molar-refractivity contribution in [2.75, 3.05) is 24.4 Å². The van der Waals surface area contributed by atoms with Gasteiger partial charge in [-0.15, -0.1) is 0 Å². The SMILES string of the molecule is CC.CN(C)n1c(CNc2ncnc3nc[nH]c23)nc2c(F)ccc(F)c2c1=O. The number of nitrogens with one attached hydrogen (secondary N) is 2. The average molecular weight is 402 g/mol. The van der Waals surface area contributed by atoms with E-state index in [1.54, 1.807) is 14.1 Å². The second kappa shape index (κ2) is 8.17. The first-order valence-corrected chi connectivity index (χ1v) is 8.92. The van der Waals surface area contributed by atoms with Crippen molar-refractivity contribution in [2.24, 2.45) is 0 Å². The van der Waals surface area contributed by atoms with E-state index in [0.29, 0.717) is 17.0 Å². The van der Waals surface area contributed by atoms with E-state index in [1.807, 2.05) is 13.8 Å². The maximum atomic E-state index is 14.1. The molecule has 0 aliphatic rings. The topological polar surface area (TPSA) is 105 Å². The fourth-order valence-corrected chi connectivity index (χ4v) is 2.84. The highest BCUT2D eigenvalue weighted by Crippen LogP contribution is 2.18. The molecule has 3 heterocycles. The van der Waals surface area contributed by atoms with Gasteiger partial charge in [0.1, 0.15) is 34.4 Å². The summed E-state index contributed by atoms with van der Waals surface area (Å²) in [6.07, 6.45) is 2.82. The standard InChI is InChI=1S/C16H14F2N8O.C2H6/c1-25(2)26-10(5-19-14-13-15(21-6-20-13)23-7-22-14)24-12-9(18)4-3-8(17)11(12)16(26)27;1-2/h3-4,6-7H,5H2,1-2H3,(H2,19,20,21,22,23);1-2H3. The van der Waals surface area contributed by atoms with Gasteiger partial charge in [-0.25, -0.2) is 33.4 Å². The van der Waals surface area contributed by atoms with E-state index in [4.69, 9.17) is 0 Å². The lowest BCUT2D eigenvalue weighted by Gasteiger charge is -2.21. The van der Waals surface area contributed by atoms with Gasteiger partial charge in [0.15, 0.2) is 17.3 Å². The molecule has 3 aromatic heterocycles. The van der Waals surface area contributed by atoms with Gasteiger partial charge in [0.25, 0.3) is 5.56 Å². The van der Waals surface area contributed by atoms with E-state index in [2.05, 4.69) is 30.2 Å². The molecule has 0 radical (unpaired) electrons. The van der Waals surface area contributed by atoms with Gasteiger partial charge in [0, 0.05) is 14.1 Å². The second-order valence-electron chi connectivity index (χ2n) is 5.92. The van der Waals surface area contributed by atoms with Crippen molar-refractivity contribution < 1.29 is 8.78 Å². The van der Waals surface area contributed by atoms with Crippen LogP contribution in [0.25, 0.3) is 22.1 Å². The molecular weight excluding hydrogens is 382 g/mol. The molecule has 4 aromatic rings. The lowest BCUT2D eigenvalue weighted by Crippen LogP contribution is -2.40. The summed E-state index contributed by atoms with van der Waals surface area (Å²) in [5.74, 6) is -0.965. The number of fused-ring (bicyclic) bond motifs is 2. The Hall–Kier alpha value is -3.63. The maximum Gasteiger partial charge on any atom is 0.283 e. The number of benzene rings is 1. The van der Waals surface area contributed by atoms with E-state index < -0.39 is 22.6 Å². The van der Waals surface area contributed by atoms with Gasteiger partial charge < -0.3 is 15.3 Å². The summed E-state index contributed by atoms with van der Waals surface area (Å²) >= 11 is 0. The summed E-state index contributed by atoms with van der Waals surface area (Å²) in [4.78, 5) is 32.0. The molecule has 0 amide bonds. The van der Waals surface area contributed by atoms with Crippen LogP contribution in [0, 0.1) is 11.6 Å². The third kappa shape index (κ3) is 3.58. The fourth-order valence-electron chi connectivity index (χ4n) is 2.84. The molecule has 11 heteroatoms. The van der Waals surface area contributed by atoms with Crippen LogP contribution in [0.3, 0.4) is 0 Å². The average Bonchev–Trinajstić information content (AvgIpc) is 3.19. The van der Waals surface area contributed by atoms with Crippen LogP contribution >= 0.6 is 0 Å². The third-order valence-corrected chi connectivity index (χ3v) is 4.01. The molecule has 2 N–H and O–H groups in total. The van der Waals surface area contributed by atoms with Crippen molar-refractivity contribution in [3.63, 3.8) is 0 Å². The molecule has 0 atom stereocenters. The zero-order valence-electron chi connectivity index (χ0n) is 16.4. The van der Waals surface area contributed by atoms with Gasteiger partial charge in [0.2, 0.25) is 0 Å². The molecular formula is C18H20F2N8O. The molecule has 0 unspecified atom stereocenters. The van der Waals surface area contributed by atoms with Crippen LogP contribution in [0.2, 0.25) is 0 Å². The Morgan fingerprint density at radius 2 is 1.86 bits per heavy atom. The molecule has 9 nitrogen and oxygen atoms in total. The number of halogens is 2. The van der Waals surface area contributed by atoms with Crippen LogP contribution in [0.4, 0.5) is 14.6 Å². The van der Waals surface area contributed by atoms with Crippen LogP contribution in [0.5, 0.6) is 0 Å². The van der Waals surface area contributed by atoms with Crippen molar-refractivity contribution in [1.82, 2.24) is 29.6 Å². The Kier molecular flexibility index (Phi) is 5.66. The van der Waals surface area contributed by atoms with Crippen LogP contribution in [0.1, 0.15) is 19.7 Å². The Bertz CT molecular complexity index is 1220. The van der Waals surface area contributed by atoms with E-state index >= 15 is 0 Å². The summed E-state index contributed by atoms with van der Waals surface area (Å²) in [5.41, 5.74) is 0.0313. The van der Waals surface area contributed by atoms with Crippen molar-refractivity contribution in [3.05, 3.63) is 52.6 Å². The van der Waals surface area contributed by atoms with E-state index in [0.717, 1.165) is 12.1 Å². The van der Waals surface area contributed by atoms with Crippen LogP contribution in [0.15, 0.2) is 29.6 Å². The molecule has 0 saturated heterocycles. The zero-order valence-corrected chi connectivity index (χ0v) is 16.4. The predicted octanol–water partition coefficient (Wildman–Crippen LogP) is 2.18. The Morgan fingerprint density at radius 3 is 2.59 bits per heavy atom. The van der Waals surface area contributed by atoms with Crippen molar-refractivity contribution in [2.45, 2.75) is 20.4 Å². The van der Waals surface area contributed by atoms with Gasteiger partial charge in [-0.1, -0.05) is 13.8 Å². The number of aromatic nitrogens is 6. The molecule has 0 fully saturated rings. The number of hydrogen-bond acceptors (Lipinski definition) is 7. The number of H-pyrrole nitrogens is 1. The minimum Gasteiger partial charge on any atom is -0.361 e. The molecule has 152 valence electrons. The molecule has 0 bridgehead atoms. The van der Waals surface area contributed by atoms with Gasteiger partial charge in [-0.3, -0.25) is 4.79 Å². The van der Waals surface area contributed by atoms with E-state index in [9.17, 15) is 13.6 Å². The van der Waals surface area contributed by atoms with Gasteiger partial charge in [0.05, 0.1) is 12.9 Å². The maximum absolute atomic E-state index is 14.1. The molecule has 0 aliphatic carbocycles. The van der Waals surface area contributed by atoms with Crippen LogP contribution in [-0.4, -0.2) is 43.7 Å². The van der Waals surface area contributed by atoms with Gasteiger partial charge >= 0.3 is 0 Å². The molecule has 4 rings (SSSR count). The smallest absolute Gasteiger partial charge is 0.283 e. The monoisotopic (exact) mass is 402 g/mol. The summed E-state index contributed by atoms with van der Waals surface area (Å²) in [6.45, 7) is 4.03. The van der Waals surface area contributed by atoms with Gasteiger partial charge in [-0.2, -0.15) is 0 Å². The fraction of sp³-hybridized carbons (Fsp3) is 0.278. The third-order valence-electron chi connectivity index (χ3n) is 4.01. The summed E-state index contributed by atoms with van der Waals surface area (Å²) in [7, 11) is 3.21. The van der Waals surface area contributed by atoms with E-state index in [-0.39, 0.29) is 17.9 Å². The van der Waals surface area contributed by atoms with Gasteiger partial charge in [-0.05, 0) is 12.1 Å². The minimum absolute atomic E-state index is 0.0322. The van der Waals surface area contributed by atoms with Crippen LogP contribution < -0.4 is 15.9 Å². The first kappa shape index (κ1) is 20.1. The first-order chi connectivity index (χ1) is 14.0. The highest BCUT2D eigenvalue weighted by Gasteiger charge is 2.18. The number of hydrogen-bond donors (Lipinski definition) is 2. The number of imidazole rings is 1. The zero-order chi connectivity index (χ0) is 21.1. The molecule has 0 saturated carbocycles. The highest BCUT2D eigenvalue weighted by molar-refractivity contribution is 5.82. The minimum atomic E-state index is -0.825. The second-order valence-corrected chi connectivity index (χ2v) is 5.92. The summed E-state index contributed by atoms with van der Waals surface area (Å²) < 4.78 is 29.4. The number of rotatable bonds is 4. The molecule has 29 heavy (non-hydrogen) atoms. The first-order valence-electron chi connectivity index (χ1n) is 8.92. The Morgan fingerprint density at radius 1 is 1.14 bits per heavy atom. The molecule has 1 aromatic carbocycles. The number of anilines is 1. The van der Waals surface area contributed by atoms with Crippen molar-refractivity contribution >= 4 is 27.9 Å². The molecule has 0 aliphatic heterocycles. The van der Waals surface area contributed by atoms with E-state index in [1.165, 1.54) is 22.3 Å².